The highest BCUT2D eigenvalue weighted by Gasteiger charge is 2.27. The summed E-state index contributed by atoms with van der Waals surface area (Å²) in [6.45, 7) is 7.41. The van der Waals surface area contributed by atoms with Gasteiger partial charge in [0, 0.05) is 30.7 Å². The molecule has 1 aliphatic heterocycles. The molecule has 4 heterocycles. The molecule has 4 aromatic rings. The molecule has 36 heavy (non-hydrogen) atoms. The molecule has 0 radical (unpaired) electrons. The molecule has 8 nitrogen and oxygen atoms in total. The van der Waals surface area contributed by atoms with Gasteiger partial charge in [-0.05, 0) is 67.7 Å². The quantitative estimate of drug-likeness (QED) is 0.322. The number of benzene rings is 1. The Morgan fingerprint density at radius 1 is 1.25 bits per heavy atom. The molecule has 1 saturated heterocycles. The van der Waals surface area contributed by atoms with Crippen LogP contribution < -0.4 is 10.1 Å². The summed E-state index contributed by atoms with van der Waals surface area (Å²) in [5.41, 5.74) is 4.67. The standard InChI is InChI=1S/C27H27ClN6O2/c1-3-23(35)34-12-9-18(10-13-34)24-17(2)32-26-25(24)27(31-16-30-26)33-19-7-8-22(21(28)14-19)36-15-20-6-4-5-11-29-20/h3-8,11,14,16,18H,1,9-10,12-13,15H2,2H3,(H2,30,31,32,33). The van der Waals surface area contributed by atoms with Gasteiger partial charge in [0.2, 0.25) is 5.91 Å². The van der Waals surface area contributed by atoms with Gasteiger partial charge in [0.1, 0.15) is 30.1 Å². The summed E-state index contributed by atoms with van der Waals surface area (Å²) in [5.74, 6) is 1.58. The van der Waals surface area contributed by atoms with Gasteiger partial charge >= 0.3 is 0 Å². The van der Waals surface area contributed by atoms with Crippen LogP contribution in [0.3, 0.4) is 0 Å². The Morgan fingerprint density at radius 3 is 2.81 bits per heavy atom. The van der Waals surface area contributed by atoms with E-state index >= 15 is 0 Å². The van der Waals surface area contributed by atoms with Crippen molar-refractivity contribution in [3.63, 3.8) is 0 Å². The van der Waals surface area contributed by atoms with Crippen LogP contribution in [0.2, 0.25) is 5.02 Å². The summed E-state index contributed by atoms with van der Waals surface area (Å²) < 4.78 is 5.85. The molecule has 0 unspecified atom stereocenters. The molecule has 1 aliphatic rings. The predicted molar refractivity (Wildman–Crippen MR) is 141 cm³/mol. The van der Waals surface area contributed by atoms with Gasteiger partial charge in [-0.3, -0.25) is 9.78 Å². The number of fused-ring (bicyclic) bond motifs is 1. The number of nitrogens with one attached hydrogen (secondary N) is 2. The van der Waals surface area contributed by atoms with Gasteiger partial charge < -0.3 is 19.9 Å². The summed E-state index contributed by atoms with van der Waals surface area (Å²) in [6.07, 6.45) is 6.40. The topological polar surface area (TPSA) is 96.0 Å². The smallest absolute Gasteiger partial charge is 0.245 e. The van der Waals surface area contributed by atoms with E-state index in [1.165, 1.54) is 11.6 Å². The molecule has 1 aromatic carbocycles. The molecule has 1 amide bonds. The lowest BCUT2D eigenvalue weighted by molar-refractivity contribution is -0.127. The number of ether oxygens (including phenoxy) is 1. The molecule has 0 saturated carbocycles. The summed E-state index contributed by atoms with van der Waals surface area (Å²) in [4.78, 5) is 30.6. The van der Waals surface area contributed by atoms with Crippen LogP contribution in [0, 0.1) is 6.92 Å². The second-order valence-corrected chi connectivity index (χ2v) is 9.20. The van der Waals surface area contributed by atoms with Crippen molar-refractivity contribution in [2.24, 2.45) is 0 Å². The van der Waals surface area contributed by atoms with Gasteiger partial charge in [0.15, 0.2) is 0 Å². The highest BCUT2D eigenvalue weighted by molar-refractivity contribution is 6.32. The average Bonchev–Trinajstić information content (AvgIpc) is 3.25. The third-order valence-corrected chi connectivity index (χ3v) is 6.81. The van der Waals surface area contributed by atoms with Gasteiger partial charge in [-0.1, -0.05) is 24.2 Å². The van der Waals surface area contributed by atoms with Crippen molar-refractivity contribution in [3.05, 3.63) is 83.6 Å². The zero-order valence-corrected chi connectivity index (χ0v) is 20.8. The van der Waals surface area contributed by atoms with Crippen LogP contribution in [0.4, 0.5) is 11.5 Å². The number of carbonyl (C=O) groups excluding carboxylic acids is 1. The Labute approximate surface area is 214 Å². The zero-order chi connectivity index (χ0) is 25.1. The van der Waals surface area contributed by atoms with Crippen LogP contribution in [0.15, 0.2) is 61.6 Å². The first-order valence-electron chi connectivity index (χ1n) is 11.9. The van der Waals surface area contributed by atoms with Crippen molar-refractivity contribution < 1.29 is 9.53 Å². The first-order chi connectivity index (χ1) is 17.5. The maximum absolute atomic E-state index is 12.0. The number of likely N-dealkylation sites (tertiary alicyclic amines) is 1. The Kier molecular flexibility index (Phi) is 6.86. The number of hydrogen-bond acceptors (Lipinski definition) is 6. The molecule has 1 fully saturated rings. The lowest BCUT2D eigenvalue weighted by Gasteiger charge is -2.31. The predicted octanol–water partition coefficient (Wildman–Crippen LogP) is 5.53. The number of amides is 1. The Hall–Kier alpha value is -3.91. The van der Waals surface area contributed by atoms with E-state index in [4.69, 9.17) is 16.3 Å². The molecule has 0 spiro atoms. The number of halogens is 1. The van der Waals surface area contributed by atoms with E-state index in [-0.39, 0.29) is 5.91 Å². The van der Waals surface area contributed by atoms with Crippen molar-refractivity contribution in [2.75, 3.05) is 18.4 Å². The van der Waals surface area contributed by atoms with Gasteiger partial charge in [-0.15, -0.1) is 0 Å². The van der Waals surface area contributed by atoms with E-state index < -0.39 is 0 Å². The molecule has 2 N–H and O–H groups in total. The van der Waals surface area contributed by atoms with Crippen LogP contribution in [0.1, 0.15) is 35.7 Å². The Balaban J connectivity index is 1.37. The van der Waals surface area contributed by atoms with Crippen molar-refractivity contribution in [1.29, 1.82) is 0 Å². The molecule has 0 aliphatic carbocycles. The monoisotopic (exact) mass is 502 g/mol. The first kappa shape index (κ1) is 23.8. The molecule has 3 aromatic heterocycles. The number of piperidine rings is 1. The van der Waals surface area contributed by atoms with Gasteiger partial charge in [-0.2, -0.15) is 0 Å². The van der Waals surface area contributed by atoms with Crippen LogP contribution in [-0.4, -0.2) is 43.8 Å². The number of aryl methyl sites for hydroxylation is 1. The highest BCUT2D eigenvalue weighted by atomic mass is 35.5. The van der Waals surface area contributed by atoms with Crippen molar-refractivity contribution >= 4 is 40.0 Å². The van der Waals surface area contributed by atoms with Crippen molar-refractivity contribution in [1.82, 2.24) is 24.8 Å². The highest BCUT2D eigenvalue weighted by Crippen LogP contribution is 2.39. The van der Waals surface area contributed by atoms with E-state index in [9.17, 15) is 4.79 Å². The lowest BCUT2D eigenvalue weighted by Crippen LogP contribution is -2.36. The first-order valence-corrected chi connectivity index (χ1v) is 12.2. The molecule has 0 bridgehead atoms. The maximum Gasteiger partial charge on any atom is 0.245 e. The van der Waals surface area contributed by atoms with Crippen LogP contribution in [0.25, 0.3) is 11.0 Å². The number of aromatic amines is 1. The SMILES string of the molecule is C=CC(=O)N1CCC(c2c(C)[nH]c3ncnc(Nc4ccc(OCc5ccccn5)c(Cl)c4)c23)CC1. The van der Waals surface area contributed by atoms with E-state index in [2.05, 4.69) is 38.8 Å². The van der Waals surface area contributed by atoms with Gasteiger partial charge in [-0.25, -0.2) is 9.97 Å². The van der Waals surface area contributed by atoms with Crippen LogP contribution in [-0.2, 0) is 11.4 Å². The molecule has 0 atom stereocenters. The maximum atomic E-state index is 12.0. The third-order valence-electron chi connectivity index (χ3n) is 6.51. The van der Waals surface area contributed by atoms with Crippen molar-refractivity contribution in [3.8, 4) is 5.75 Å². The minimum atomic E-state index is -0.0147. The fraction of sp³-hybridized carbons (Fsp3) is 0.259. The second kappa shape index (κ2) is 10.4. The summed E-state index contributed by atoms with van der Waals surface area (Å²) in [7, 11) is 0. The number of hydrogen-bond donors (Lipinski definition) is 2. The zero-order valence-electron chi connectivity index (χ0n) is 20.0. The number of anilines is 2. The molecule has 9 heteroatoms. The fourth-order valence-corrected chi connectivity index (χ4v) is 4.99. The average molecular weight is 503 g/mol. The normalized spacial score (nSPS) is 14.1. The summed E-state index contributed by atoms with van der Waals surface area (Å²) >= 11 is 6.52. The van der Waals surface area contributed by atoms with Crippen LogP contribution >= 0.6 is 11.6 Å². The minimum Gasteiger partial charge on any atom is -0.486 e. The molecular weight excluding hydrogens is 476 g/mol. The van der Waals surface area contributed by atoms with E-state index in [1.807, 2.05) is 41.3 Å². The number of nitrogens with zero attached hydrogens (tertiary/aromatic N) is 4. The Bertz CT molecular complexity index is 1400. The molecule has 184 valence electrons. The number of rotatable bonds is 7. The van der Waals surface area contributed by atoms with Gasteiger partial charge in [0.05, 0.1) is 16.1 Å². The molecular formula is C27H27ClN6O2. The number of aromatic nitrogens is 4. The lowest BCUT2D eigenvalue weighted by atomic mass is 9.87. The van der Waals surface area contributed by atoms with Gasteiger partial charge in [0.25, 0.3) is 0 Å². The Morgan fingerprint density at radius 2 is 2.08 bits per heavy atom. The summed E-state index contributed by atoms with van der Waals surface area (Å²) in [6, 6.07) is 11.3. The number of carbonyl (C=O) groups is 1. The van der Waals surface area contributed by atoms with E-state index in [0.29, 0.717) is 42.2 Å². The number of pyridine rings is 1. The van der Waals surface area contributed by atoms with E-state index in [1.54, 1.807) is 12.5 Å². The third kappa shape index (κ3) is 4.90. The number of H-pyrrole nitrogens is 1. The second-order valence-electron chi connectivity index (χ2n) is 8.79. The van der Waals surface area contributed by atoms with Crippen LogP contribution in [0.5, 0.6) is 5.75 Å². The summed E-state index contributed by atoms with van der Waals surface area (Å²) in [5, 5.41) is 4.88. The van der Waals surface area contributed by atoms with Crippen molar-refractivity contribution in [2.45, 2.75) is 32.3 Å². The molecule has 5 rings (SSSR count). The fourth-order valence-electron chi connectivity index (χ4n) is 4.76. The minimum absolute atomic E-state index is 0.0147. The van der Waals surface area contributed by atoms with E-state index in [0.717, 1.165) is 41.0 Å². The largest absolute Gasteiger partial charge is 0.486 e.